The number of carbonyl (C=O) groups is 1. The number of hydrogen-bond donors (Lipinski definition) is 3. The third-order valence-corrected chi connectivity index (χ3v) is 3.88. The van der Waals surface area contributed by atoms with Gasteiger partial charge in [0.1, 0.15) is 0 Å². The number of carbonyl (C=O) groups excluding carboxylic acids is 1. The molecule has 2 aromatic carbocycles. The smallest absolute Gasteiger partial charge is 0.253 e. The third kappa shape index (κ3) is 3.40. The van der Waals surface area contributed by atoms with Crippen LogP contribution in [0.2, 0.25) is 0 Å². The molecule has 23 heavy (non-hydrogen) atoms. The van der Waals surface area contributed by atoms with Crippen LogP contribution in [0.4, 0.5) is 0 Å². The Morgan fingerprint density at radius 2 is 2.00 bits per heavy atom. The summed E-state index contributed by atoms with van der Waals surface area (Å²) in [6.07, 6.45) is 3.02. The molecule has 0 aliphatic rings. The van der Waals surface area contributed by atoms with Gasteiger partial charge in [-0.1, -0.05) is 42.5 Å². The van der Waals surface area contributed by atoms with E-state index in [0.717, 1.165) is 16.5 Å². The molecule has 5 heteroatoms. The molecular weight excluding hydrogens is 290 g/mol. The Morgan fingerprint density at radius 3 is 2.78 bits per heavy atom. The van der Waals surface area contributed by atoms with Crippen molar-refractivity contribution in [3.8, 4) is 0 Å². The number of nitrogens with one attached hydrogen (secondary N) is 2. The number of aliphatic hydroxyl groups is 1. The molecular formula is C18H19N3O2. The van der Waals surface area contributed by atoms with E-state index in [9.17, 15) is 4.79 Å². The minimum atomic E-state index is -0.147. The number of H-pyrrole nitrogens is 1. The number of amides is 1. The molecule has 0 bridgehead atoms. The number of fused-ring (bicyclic) bond motifs is 1. The highest BCUT2D eigenvalue weighted by molar-refractivity contribution is 6.05. The quantitative estimate of drug-likeness (QED) is 0.655. The van der Waals surface area contributed by atoms with E-state index in [4.69, 9.17) is 5.11 Å². The summed E-state index contributed by atoms with van der Waals surface area (Å²) in [6.45, 7) is 0.106. The van der Waals surface area contributed by atoms with Gasteiger partial charge in [-0.25, -0.2) is 0 Å². The lowest BCUT2D eigenvalue weighted by Crippen LogP contribution is -2.29. The van der Waals surface area contributed by atoms with Crippen LogP contribution in [-0.2, 0) is 0 Å². The van der Waals surface area contributed by atoms with Crippen LogP contribution in [0.5, 0.6) is 0 Å². The summed E-state index contributed by atoms with van der Waals surface area (Å²) >= 11 is 0. The van der Waals surface area contributed by atoms with E-state index >= 15 is 0 Å². The standard InChI is InChI=1S/C18H19N3O2/c22-11-5-10-16(13-6-2-1-3-7-13)20-18(23)15-9-4-8-14-12-19-21-17(14)15/h1-4,6-9,12,16,22H,5,10-11H2,(H,19,21)(H,20,23). The summed E-state index contributed by atoms with van der Waals surface area (Å²) in [6, 6.07) is 15.2. The van der Waals surface area contributed by atoms with Crippen molar-refractivity contribution in [3.05, 3.63) is 65.9 Å². The van der Waals surface area contributed by atoms with Crippen LogP contribution in [0.15, 0.2) is 54.7 Å². The maximum atomic E-state index is 12.7. The van der Waals surface area contributed by atoms with Gasteiger partial charge in [0, 0.05) is 12.0 Å². The molecule has 1 heterocycles. The Morgan fingerprint density at radius 1 is 1.17 bits per heavy atom. The van der Waals surface area contributed by atoms with Crippen LogP contribution in [-0.4, -0.2) is 27.8 Å². The molecule has 1 atom stereocenters. The average Bonchev–Trinajstić information content (AvgIpc) is 3.07. The van der Waals surface area contributed by atoms with Gasteiger partial charge in [0.15, 0.2) is 0 Å². The first-order valence-electron chi connectivity index (χ1n) is 7.68. The first-order valence-corrected chi connectivity index (χ1v) is 7.68. The molecule has 1 aromatic heterocycles. The number of aliphatic hydroxyl groups excluding tert-OH is 1. The Balaban J connectivity index is 1.84. The lowest BCUT2D eigenvalue weighted by molar-refractivity contribution is 0.0934. The van der Waals surface area contributed by atoms with Crippen molar-refractivity contribution >= 4 is 16.8 Å². The fourth-order valence-corrected chi connectivity index (χ4v) is 2.70. The fraction of sp³-hybridized carbons (Fsp3) is 0.222. The summed E-state index contributed by atoms with van der Waals surface area (Å²) in [5, 5.41) is 19.9. The van der Waals surface area contributed by atoms with Gasteiger partial charge in [-0.2, -0.15) is 5.10 Å². The van der Waals surface area contributed by atoms with Gasteiger partial charge in [-0.3, -0.25) is 9.89 Å². The number of para-hydroxylation sites is 1. The van der Waals surface area contributed by atoms with Crippen LogP contribution < -0.4 is 5.32 Å². The van der Waals surface area contributed by atoms with Crippen molar-refractivity contribution in [3.63, 3.8) is 0 Å². The Kier molecular flexibility index (Phi) is 4.68. The third-order valence-electron chi connectivity index (χ3n) is 3.88. The Bertz CT molecular complexity index is 783. The summed E-state index contributed by atoms with van der Waals surface area (Å²) in [4.78, 5) is 12.7. The molecule has 1 amide bonds. The zero-order chi connectivity index (χ0) is 16.1. The predicted octanol–water partition coefficient (Wildman–Crippen LogP) is 2.81. The van der Waals surface area contributed by atoms with E-state index in [-0.39, 0.29) is 18.6 Å². The molecule has 1 unspecified atom stereocenters. The molecule has 0 saturated heterocycles. The van der Waals surface area contributed by atoms with Gasteiger partial charge in [-0.15, -0.1) is 0 Å². The number of hydrogen-bond acceptors (Lipinski definition) is 3. The monoisotopic (exact) mass is 309 g/mol. The normalized spacial score (nSPS) is 12.2. The highest BCUT2D eigenvalue weighted by Crippen LogP contribution is 2.21. The van der Waals surface area contributed by atoms with Crippen LogP contribution >= 0.6 is 0 Å². The first-order chi connectivity index (χ1) is 11.3. The van der Waals surface area contributed by atoms with Crippen molar-refractivity contribution in [1.29, 1.82) is 0 Å². The maximum Gasteiger partial charge on any atom is 0.253 e. The number of benzene rings is 2. The Hall–Kier alpha value is -2.66. The molecule has 3 aromatic rings. The van der Waals surface area contributed by atoms with Gasteiger partial charge >= 0.3 is 0 Å². The Labute approximate surface area is 134 Å². The van der Waals surface area contributed by atoms with Gasteiger partial charge in [-0.05, 0) is 24.5 Å². The van der Waals surface area contributed by atoms with Crippen molar-refractivity contribution in [2.24, 2.45) is 0 Å². The zero-order valence-corrected chi connectivity index (χ0v) is 12.7. The van der Waals surface area contributed by atoms with Crippen molar-refractivity contribution < 1.29 is 9.90 Å². The van der Waals surface area contributed by atoms with E-state index < -0.39 is 0 Å². The van der Waals surface area contributed by atoms with E-state index in [1.54, 1.807) is 12.3 Å². The number of nitrogens with zero attached hydrogens (tertiary/aromatic N) is 1. The second-order valence-electron chi connectivity index (χ2n) is 5.44. The minimum Gasteiger partial charge on any atom is -0.396 e. The van der Waals surface area contributed by atoms with E-state index in [0.29, 0.717) is 18.4 Å². The van der Waals surface area contributed by atoms with Gasteiger partial charge in [0.2, 0.25) is 0 Å². The molecule has 118 valence electrons. The zero-order valence-electron chi connectivity index (χ0n) is 12.7. The summed E-state index contributed by atoms with van der Waals surface area (Å²) < 4.78 is 0. The van der Waals surface area contributed by atoms with Crippen LogP contribution in [0, 0.1) is 0 Å². The molecule has 3 N–H and O–H groups in total. The van der Waals surface area contributed by atoms with Gasteiger partial charge < -0.3 is 10.4 Å². The van der Waals surface area contributed by atoms with Crippen LogP contribution in [0.25, 0.3) is 10.9 Å². The van der Waals surface area contributed by atoms with E-state index in [1.807, 2.05) is 42.5 Å². The topological polar surface area (TPSA) is 78.0 Å². The molecule has 0 aliphatic carbocycles. The number of rotatable bonds is 6. The lowest BCUT2D eigenvalue weighted by atomic mass is 10.0. The van der Waals surface area contributed by atoms with Crippen LogP contribution in [0.1, 0.15) is 34.8 Å². The van der Waals surface area contributed by atoms with Crippen molar-refractivity contribution in [2.45, 2.75) is 18.9 Å². The predicted molar refractivity (Wildman–Crippen MR) is 89.1 cm³/mol. The van der Waals surface area contributed by atoms with Crippen molar-refractivity contribution in [1.82, 2.24) is 15.5 Å². The maximum absolute atomic E-state index is 12.7. The van der Waals surface area contributed by atoms with Gasteiger partial charge in [0.25, 0.3) is 5.91 Å². The average molecular weight is 309 g/mol. The fourth-order valence-electron chi connectivity index (χ4n) is 2.70. The largest absolute Gasteiger partial charge is 0.396 e. The van der Waals surface area contributed by atoms with Gasteiger partial charge in [0.05, 0.1) is 23.3 Å². The molecule has 0 spiro atoms. The highest BCUT2D eigenvalue weighted by atomic mass is 16.3. The first kappa shape index (κ1) is 15.2. The summed E-state index contributed by atoms with van der Waals surface area (Å²) in [7, 11) is 0. The van der Waals surface area contributed by atoms with Crippen LogP contribution in [0.3, 0.4) is 0 Å². The molecule has 0 fully saturated rings. The van der Waals surface area contributed by atoms with E-state index in [1.165, 1.54) is 0 Å². The summed E-state index contributed by atoms with van der Waals surface area (Å²) in [5.74, 6) is -0.147. The molecule has 0 saturated carbocycles. The number of aromatic nitrogens is 2. The lowest BCUT2D eigenvalue weighted by Gasteiger charge is -2.19. The summed E-state index contributed by atoms with van der Waals surface area (Å²) in [5.41, 5.74) is 2.34. The van der Waals surface area contributed by atoms with E-state index in [2.05, 4.69) is 15.5 Å². The second-order valence-corrected chi connectivity index (χ2v) is 5.44. The van der Waals surface area contributed by atoms with Crippen molar-refractivity contribution in [2.75, 3.05) is 6.61 Å². The second kappa shape index (κ2) is 7.07. The SMILES string of the molecule is O=C(NC(CCCO)c1ccccc1)c1cccc2cn[nH]c12. The highest BCUT2D eigenvalue weighted by Gasteiger charge is 2.17. The molecule has 3 rings (SSSR count). The molecule has 5 nitrogen and oxygen atoms in total. The minimum absolute atomic E-state index is 0.106. The number of aromatic amines is 1. The molecule has 0 radical (unpaired) electrons. The molecule has 0 aliphatic heterocycles.